The predicted molar refractivity (Wildman–Crippen MR) is 123 cm³/mol. The van der Waals surface area contributed by atoms with E-state index in [9.17, 15) is 0 Å². The van der Waals surface area contributed by atoms with E-state index in [4.69, 9.17) is 10.7 Å². The summed E-state index contributed by atoms with van der Waals surface area (Å²) in [7, 11) is 0. The first-order valence-electron chi connectivity index (χ1n) is 11.7. The van der Waals surface area contributed by atoms with Crippen LogP contribution in [-0.2, 0) is 6.42 Å². The molecule has 3 aliphatic rings. The molecule has 2 saturated heterocycles. The molecule has 2 N–H and O–H groups in total. The highest BCUT2D eigenvalue weighted by atomic mass is 15.2. The third kappa shape index (κ3) is 4.30. The van der Waals surface area contributed by atoms with Gasteiger partial charge in [-0.25, -0.2) is 9.97 Å². The van der Waals surface area contributed by atoms with E-state index < -0.39 is 0 Å². The minimum atomic E-state index is 0.287. The van der Waals surface area contributed by atoms with Crippen LogP contribution < -0.4 is 15.5 Å². The lowest BCUT2D eigenvalue weighted by Crippen LogP contribution is -2.42. The smallest absolute Gasteiger partial charge is 0.161 e. The van der Waals surface area contributed by atoms with Gasteiger partial charge in [-0.15, -0.1) is 0 Å². The fourth-order valence-electron chi connectivity index (χ4n) is 5.12. The molecule has 1 aromatic heterocycles. The Bertz CT molecular complexity index is 845. The fourth-order valence-corrected chi connectivity index (χ4v) is 5.12. The van der Waals surface area contributed by atoms with Gasteiger partial charge in [-0.3, -0.25) is 0 Å². The topological polar surface area (TPSA) is 61.5 Å². The minimum absolute atomic E-state index is 0.287. The van der Waals surface area contributed by atoms with Crippen molar-refractivity contribution in [1.29, 1.82) is 0 Å². The molecule has 1 atom stereocenters. The zero-order chi connectivity index (χ0) is 20.3. The summed E-state index contributed by atoms with van der Waals surface area (Å²) in [5, 5.41) is 0. The molecule has 5 rings (SSSR count). The van der Waals surface area contributed by atoms with Gasteiger partial charge in [-0.1, -0.05) is 0 Å². The molecule has 0 amide bonds. The summed E-state index contributed by atoms with van der Waals surface area (Å²) in [4.78, 5) is 17.1. The molecule has 0 bridgehead atoms. The number of anilines is 2. The molecule has 2 aromatic rings. The second-order valence-corrected chi connectivity index (χ2v) is 9.08. The van der Waals surface area contributed by atoms with Crippen molar-refractivity contribution >= 4 is 11.5 Å². The van der Waals surface area contributed by atoms with Crippen molar-refractivity contribution in [2.24, 2.45) is 5.73 Å². The lowest BCUT2D eigenvalue weighted by Gasteiger charge is -2.32. The Kier molecular flexibility index (Phi) is 5.86. The maximum absolute atomic E-state index is 6.15. The summed E-state index contributed by atoms with van der Waals surface area (Å²) >= 11 is 0. The number of rotatable bonds is 6. The summed E-state index contributed by atoms with van der Waals surface area (Å²) < 4.78 is 0. The highest BCUT2D eigenvalue weighted by Gasteiger charge is 2.23. The Morgan fingerprint density at radius 3 is 2.60 bits per heavy atom. The summed E-state index contributed by atoms with van der Waals surface area (Å²) in [5.41, 5.74) is 9.78. The van der Waals surface area contributed by atoms with Crippen LogP contribution in [0.15, 0.2) is 30.5 Å². The first kappa shape index (κ1) is 19.8. The van der Waals surface area contributed by atoms with Crippen LogP contribution in [0.4, 0.5) is 11.5 Å². The number of piperidine rings is 1. The summed E-state index contributed by atoms with van der Waals surface area (Å²) in [6.07, 6.45) is 9.35. The monoisotopic (exact) mass is 406 g/mol. The molecule has 0 aliphatic carbocycles. The van der Waals surface area contributed by atoms with Gasteiger partial charge >= 0.3 is 0 Å². The van der Waals surface area contributed by atoms with Gasteiger partial charge in [0.15, 0.2) is 5.82 Å². The van der Waals surface area contributed by atoms with Gasteiger partial charge in [-0.2, -0.15) is 0 Å². The predicted octanol–water partition coefficient (Wildman–Crippen LogP) is 2.92. The van der Waals surface area contributed by atoms with E-state index >= 15 is 0 Å². The van der Waals surface area contributed by atoms with Crippen LogP contribution in [0.25, 0.3) is 11.4 Å². The van der Waals surface area contributed by atoms with Crippen LogP contribution in [0.3, 0.4) is 0 Å². The van der Waals surface area contributed by atoms with Crippen LogP contribution in [0.2, 0.25) is 0 Å². The number of nitrogens with two attached hydrogens (primary N) is 1. The van der Waals surface area contributed by atoms with Crippen molar-refractivity contribution in [1.82, 2.24) is 14.9 Å². The molecule has 0 saturated carbocycles. The highest BCUT2D eigenvalue weighted by molar-refractivity contribution is 5.63. The lowest BCUT2D eigenvalue weighted by atomic mass is 10.1. The number of aromatic nitrogens is 2. The van der Waals surface area contributed by atoms with Crippen molar-refractivity contribution in [3.63, 3.8) is 0 Å². The molecule has 0 radical (unpaired) electrons. The fraction of sp³-hybridized carbons (Fsp3) is 0.583. The van der Waals surface area contributed by atoms with E-state index in [0.29, 0.717) is 0 Å². The van der Waals surface area contributed by atoms with Crippen molar-refractivity contribution in [2.75, 3.05) is 55.6 Å². The van der Waals surface area contributed by atoms with Crippen molar-refractivity contribution in [2.45, 2.75) is 44.6 Å². The van der Waals surface area contributed by atoms with E-state index in [2.05, 4.69) is 43.9 Å². The maximum Gasteiger partial charge on any atom is 0.161 e. The van der Waals surface area contributed by atoms with Crippen molar-refractivity contribution in [3.05, 3.63) is 36.0 Å². The van der Waals surface area contributed by atoms with E-state index in [1.54, 1.807) is 0 Å². The van der Waals surface area contributed by atoms with E-state index in [1.807, 2.05) is 6.20 Å². The van der Waals surface area contributed by atoms with Gasteiger partial charge < -0.3 is 20.4 Å². The van der Waals surface area contributed by atoms with Gasteiger partial charge in [0.25, 0.3) is 0 Å². The number of fused-ring (bicyclic) bond motifs is 1. The minimum Gasteiger partial charge on any atom is -0.370 e. The molecule has 30 heavy (non-hydrogen) atoms. The Morgan fingerprint density at radius 2 is 1.80 bits per heavy atom. The zero-order valence-electron chi connectivity index (χ0n) is 18.0. The standard InChI is InChI=1S/C24H34N6/c25-21-5-3-14-30(18-21)22-8-6-19(7-9-22)23-26-17-20-10-16-29(24(20)27-23)15-4-13-28-11-1-2-12-28/h6-9,17,21H,1-5,10-16,18,25H2/t21-/m1/s1. The molecule has 4 heterocycles. The van der Waals surface area contributed by atoms with E-state index in [-0.39, 0.29) is 6.04 Å². The Balaban J connectivity index is 1.25. The molecule has 1 aromatic carbocycles. The normalized spacial score (nSPS) is 22.0. The molecule has 0 unspecified atom stereocenters. The molecular formula is C24H34N6. The molecule has 6 heteroatoms. The number of likely N-dealkylation sites (tertiary alicyclic amines) is 1. The summed E-state index contributed by atoms with van der Waals surface area (Å²) in [6, 6.07) is 8.98. The summed E-state index contributed by atoms with van der Waals surface area (Å²) in [6.45, 7) is 7.97. The van der Waals surface area contributed by atoms with Crippen LogP contribution in [0.5, 0.6) is 0 Å². The second-order valence-electron chi connectivity index (χ2n) is 9.08. The van der Waals surface area contributed by atoms with Crippen LogP contribution >= 0.6 is 0 Å². The number of hydrogen-bond acceptors (Lipinski definition) is 6. The molecule has 2 fully saturated rings. The van der Waals surface area contributed by atoms with Gasteiger partial charge in [0, 0.05) is 55.2 Å². The molecule has 3 aliphatic heterocycles. The molecule has 6 nitrogen and oxygen atoms in total. The molecular weight excluding hydrogens is 372 g/mol. The first-order chi connectivity index (χ1) is 14.8. The van der Waals surface area contributed by atoms with Crippen LogP contribution in [0, 0.1) is 0 Å². The van der Waals surface area contributed by atoms with E-state index in [1.165, 1.54) is 56.6 Å². The van der Waals surface area contributed by atoms with Gasteiger partial charge in [0.2, 0.25) is 0 Å². The SMILES string of the molecule is N[C@@H]1CCCN(c2ccc(-c3ncc4c(n3)N(CCCN3CCCC3)CC4)cc2)C1. The third-order valence-corrected chi connectivity index (χ3v) is 6.84. The summed E-state index contributed by atoms with van der Waals surface area (Å²) in [5.74, 6) is 1.98. The van der Waals surface area contributed by atoms with Gasteiger partial charge in [0.1, 0.15) is 5.82 Å². The number of benzene rings is 1. The second kappa shape index (κ2) is 8.90. The maximum atomic E-state index is 6.15. The zero-order valence-corrected chi connectivity index (χ0v) is 18.0. The van der Waals surface area contributed by atoms with E-state index in [0.717, 1.165) is 56.2 Å². The Hall–Kier alpha value is -2.18. The Labute approximate surface area is 180 Å². The largest absolute Gasteiger partial charge is 0.370 e. The average Bonchev–Trinajstić information content (AvgIpc) is 3.44. The first-order valence-corrected chi connectivity index (χ1v) is 11.7. The quantitative estimate of drug-likeness (QED) is 0.796. The molecule has 160 valence electrons. The van der Waals surface area contributed by atoms with Crippen LogP contribution in [0.1, 0.15) is 37.7 Å². The van der Waals surface area contributed by atoms with Gasteiger partial charge in [-0.05, 0) is 82.4 Å². The third-order valence-electron chi connectivity index (χ3n) is 6.84. The molecule has 0 spiro atoms. The van der Waals surface area contributed by atoms with Crippen molar-refractivity contribution < 1.29 is 0 Å². The number of hydrogen-bond donors (Lipinski definition) is 1. The average molecular weight is 407 g/mol. The lowest BCUT2D eigenvalue weighted by molar-refractivity contribution is 0.335. The number of nitrogens with zero attached hydrogens (tertiary/aromatic N) is 5. The van der Waals surface area contributed by atoms with Crippen molar-refractivity contribution in [3.8, 4) is 11.4 Å². The highest BCUT2D eigenvalue weighted by Crippen LogP contribution is 2.29. The van der Waals surface area contributed by atoms with Crippen LogP contribution in [-0.4, -0.2) is 66.7 Å². The van der Waals surface area contributed by atoms with Gasteiger partial charge in [0.05, 0.1) is 0 Å². The Morgan fingerprint density at radius 1 is 0.967 bits per heavy atom.